The molecule has 0 saturated carbocycles. The molecule has 0 aliphatic rings. The average molecular weight is 220 g/mol. The summed E-state index contributed by atoms with van der Waals surface area (Å²) in [5, 5.41) is 0. The van der Waals surface area contributed by atoms with Crippen LogP contribution in [0.2, 0.25) is 0 Å². The zero-order valence-electron chi connectivity index (χ0n) is 7.58. The molecule has 0 aliphatic carbocycles. The lowest BCUT2D eigenvalue weighted by molar-refractivity contribution is 0.341. The van der Waals surface area contributed by atoms with E-state index in [9.17, 15) is 26.3 Å². The molecular weight excluding hydrogens is 210 g/mol. The zero-order valence-corrected chi connectivity index (χ0v) is 7.58. The second-order valence-electron chi connectivity index (χ2n) is 2.22. The molecule has 0 bridgehead atoms. The average Bonchev–Trinajstić information content (AvgIpc) is 2.15. The van der Waals surface area contributed by atoms with Crippen LogP contribution in [0.15, 0.2) is 24.3 Å². The largest absolute Gasteiger partial charge is 0.240 e. The van der Waals surface area contributed by atoms with Gasteiger partial charge in [-0.2, -0.15) is 0 Å². The maximum atomic E-state index is 11.4. The van der Waals surface area contributed by atoms with Crippen LogP contribution in [0.5, 0.6) is 0 Å². The summed E-state index contributed by atoms with van der Waals surface area (Å²) in [7, 11) is 0. The van der Waals surface area contributed by atoms with Crippen LogP contribution in [-0.4, -0.2) is 12.3 Å². The summed E-state index contributed by atoms with van der Waals surface area (Å²) in [6.45, 7) is 1.84. The van der Waals surface area contributed by atoms with Gasteiger partial charge in [0.2, 0.25) is 0 Å². The fourth-order valence-corrected chi connectivity index (χ4v) is 0.174. The summed E-state index contributed by atoms with van der Waals surface area (Å²) in [5.41, 5.74) is 0. The van der Waals surface area contributed by atoms with Crippen LogP contribution in [0, 0.1) is 0 Å². The minimum Gasteiger partial charge on any atom is -0.240 e. The molecule has 0 aromatic carbocycles. The molecule has 2 unspecified atom stereocenters. The Morgan fingerprint density at radius 3 is 1.07 bits per heavy atom. The van der Waals surface area contributed by atoms with Crippen molar-refractivity contribution in [2.75, 3.05) is 0 Å². The monoisotopic (exact) mass is 220 g/mol. The topological polar surface area (TPSA) is 0 Å². The van der Waals surface area contributed by atoms with E-state index in [4.69, 9.17) is 0 Å². The Morgan fingerprint density at radius 1 is 0.857 bits per heavy atom. The van der Waals surface area contributed by atoms with E-state index in [0.29, 0.717) is 0 Å². The van der Waals surface area contributed by atoms with E-state index < -0.39 is 24.0 Å². The van der Waals surface area contributed by atoms with E-state index in [1.807, 2.05) is 0 Å². The van der Waals surface area contributed by atoms with Gasteiger partial charge in [0.05, 0.1) is 0 Å². The SMILES string of the molecule is CC(F)C(F)=CF.CC(F)C(F)=CF. The third kappa shape index (κ3) is 9.15. The molecule has 84 valence electrons. The van der Waals surface area contributed by atoms with Crippen LogP contribution in [0.1, 0.15) is 13.8 Å². The second-order valence-corrected chi connectivity index (χ2v) is 2.22. The van der Waals surface area contributed by atoms with Crippen LogP contribution in [0.25, 0.3) is 0 Å². The van der Waals surface area contributed by atoms with Crippen LogP contribution >= 0.6 is 0 Å². The Balaban J connectivity index is 0. The van der Waals surface area contributed by atoms with Gasteiger partial charge in [0.15, 0.2) is 24.0 Å². The highest BCUT2D eigenvalue weighted by Gasteiger charge is 2.03. The van der Waals surface area contributed by atoms with Crippen LogP contribution in [0.4, 0.5) is 26.3 Å². The first kappa shape index (κ1) is 15.5. The van der Waals surface area contributed by atoms with Gasteiger partial charge >= 0.3 is 0 Å². The van der Waals surface area contributed by atoms with Crippen molar-refractivity contribution in [3.8, 4) is 0 Å². The highest BCUT2D eigenvalue weighted by atomic mass is 19.2. The van der Waals surface area contributed by atoms with Crippen molar-refractivity contribution < 1.29 is 26.3 Å². The number of halogens is 6. The molecule has 0 aromatic rings. The summed E-state index contributed by atoms with van der Waals surface area (Å²) in [4.78, 5) is 0. The van der Waals surface area contributed by atoms with Crippen LogP contribution < -0.4 is 0 Å². The summed E-state index contributed by atoms with van der Waals surface area (Å²) >= 11 is 0. The molecule has 0 aromatic heterocycles. The fraction of sp³-hybridized carbons (Fsp3) is 0.500. The van der Waals surface area contributed by atoms with E-state index in [0.717, 1.165) is 13.8 Å². The molecule has 0 nitrogen and oxygen atoms in total. The predicted octanol–water partition coefficient (Wildman–Crippen LogP) is 4.25. The molecule has 0 rings (SSSR count). The number of rotatable bonds is 2. The molecule has 0 fully saturated rings. The molecular formula is C8H10F6. The van der Waals surface area contributed by atoms with Crippen LogP contribution in [0.3, 0.4) is 0 Å². The van der Waals surface area contributed by atoms with Gasteiger partial charge in [0, 0.05) is 0 Å². The van der Waals surface area contributed by atoms with Crippen molar-refractivity contribution in [2.45, 2.75) is 26.2 Å². The fourth-order valence-electron chi connectivity index (χ4n) is 0.174. The van der Waals surface area contributed by atoms with Crippen molar-refractivity contribution in [2.24, 2.45) is 0 Å². The Hall–Kier alpha value is -0.940. The summed E-state index contributed by atoms with van der Waals surface area (Å²) in [6.07, 6.45) is -4.40. The molecule has 0 aliphatic heterocycles. The maximum Gasteiger partial charge on any atom is 0.162 e. The van der Waals surface area contributed by atoms with E-state index in [-0.39, 0.29) is 12.7 Å². The number of hydrogen-bond acceptors (Lipinski definition) is 0. The lowest BCUT2D eigenvalue weighted by atomic mass is 10.4. The minimum absolute atomic E-state index is 0.384. The Kier molecular flexibility index (Phi) is 9.59. The zero-order chi connectivity index (χ0) is 11.7. The van der Waals surface area contributed by atoms with Gasteiger partial charge < -0.3 is 0 Å². The van der Waals surface area contributed by atoms with E-state index in [2.05, 4.69) is 0 Å². The number of allylic oxidation sites excluding steroid dienone is 2. The van der Waals surface area contributed by atoms with Gasteiger partial charge in [-0.15, -0.1) is 0 Å². The molecule has 0 N–H and O–H groups in total. The summed E-state index contributed by atoms with van der Waals surface area (Å²) in [5.74, 6) is -2.72. The highest BCUT2D eigenvalue weighted by Crippen LogP contribution is 2.06. The van der Waals surface area contributed by atoms with Crippen molar-refractivity contribution in [3.05, 3.63) is 24.3 Å². The second kappa shape index (κ2) is 8.65. The maximum absolute atomic E-state index is 11.4. The van der Waals surface area contributed by atoms with Gasteiger partial charge in [-0.05, 0) is 13.8 Å². The van der Waals surface area contributed by atoms with E-state index in [1.54, 1.807) is 0 Å². The minimum atomic E-state index is -1.81. The van der Waals surface area contributed by atoms with Crippen LogP contribution in [-0.2, 0) is 0 Å². The molecule has 0 heterocycles. The Morgan fingerprint density at radius 2 is 1.07 bits per heavy atom. The van der Waals surface area contributed by atoms with E-state index >= 15 is 0 Å². The molecule has 0 spiro atoms. The molecule has 0 amide bonds. The standard InChI is InChI=1S/2C4H5F3/c2*1-3(6)4(7)2-5/h2*2-3H,1H3. The highest BCUT2D eigenvalue weighted by molar-refractivity contribution is 4.90. The van der Waals surface area contributed by atoms with Crippen molar-refractivity contribution in [1.82, 2.24) is 0 Å². The molecule has 6 heteroatoms. The molecule has 14 heavy (non-hydrogen) atoms. The van der Waals surface area contributed by atoms with Crippen molar-refractivity contribution >= 4 is 0 Å². The van der Waals surface area contributed by atoms with Gasteiger partial charge in [-0.3, -0.25) is 0 Å². The number of alkyl halides is 2. The lowest BCUT2D eigenvalue weighted by Gasteiger charge is -1.89. The third-order valence-electron chi connectivity index (χ3n) is 0.968. The van der Waals surface area contributed by atoms with Crippen molar-refractivity contribution in [3.63, 3.8) is 0 Å². The van der Waals surface area contributed by atoms with Gasteiger partial charge in [0.25, 0.3) is 0 Å². The van der Waals surface area contributed by atoms with E-state index in [1.165, 1.54) is 0 Å². The van der Waals surface area contributed by atoms with Crippen molar-refractivity contribution in [1.29, 1.82) is 0 Å². The van der Waals surface area contributed by atoms with Gasteiger partial charge in [-0.1, -0.05) is 0 Å². The molecule has 0 radical (unpaired) electrons. The first-order valence-electron chi connectivity index (χ1n) is 3.56. The number of hydrogen-bond donors (Lipinski definition) is 0. The smallest absolute Gasteiger partial charge is 0.162 e. The van der Waals surface area contributed by atoms with Gasteiger partial charge in [-0.25, -0.2) is 26.3 Å². The Bertz CT molecular complexity index is 172. The molecule has 0 saturated heterocycles. The van der Waals surface area contributed by atoms with Gasteiger partial charge in [0.1, 0.15) is 12.7 Å². The third-order valence-corrected chi connectivity index (χ3v) is 0.968. The lowest BCUT2D eigenvalue weighted by Crippen LogP contribution is -1.89. The summed E-state index contributed by atoms with van der Waals surface area (Å²) < 4.78 is 67.3. The first-order chi connectivity index (χ1) is 6.36. The molecule has 2 atom stereocenters. The predicted molar refractivity (Wildman–Crippen MR) is 41.7 cm³/mol. The first-order valence-corrected chi connectivity index (χ1v) is 3.56. The quantitative estimate of drug-likeness (QED) is 0.610. The Labute approximate surface area is 77.9 Å². The summed E-state index contributed by atoms with van der Waals surface area (Å²) in [6, 6.07) is 0. The normalized spacial score (nSPS) is 16.9.